The molecule has 0 aliphatic carbocycles. The molecule has 0 saturated heterocycles. The third-order valence-corrected chi connectivity index (χ3v) is 5.31. The number of nitrogens with one attached hydrogen (secondary N) is 1. The fraction of sp³-hybridized carbons (Fsp3) is 0.393. The molecule has 38 heavy (non-hydrogen) atoms. The molecule has 2 aromatic carbocycles. The minimum Gasteiger partial charge on any atom is -0.444 e. The maximum Gasteiger partial charge on any atom is 0.408 e. The largest absolute Gasteiger partial charge is 0.444 e. The van der Waals surface area contributed by atoms with Crippen LogP contribution in [0.1, 0.15) is 52.2 Å². The second-order valence-corrected chi connectivity index (χ2v) is 10.3. The Morgan fingerprint density at radius 2 is 1.66 bits per heavy atom. The number of ether oxygens (including phenoxy) is 1. The van der Waals surface area contributed by atoms with Crippen LogP contribution in [-0.4, -0.2) is 45.4 Å². The van der Waals surface area contributed by atoms with Crippen molar-refractivity contribution in [2.45, 2.75) is 65.1 Å². The number of alkyl carbamates (subject to hydrolysis) is 1. The molecule has 0 aliphatic heterocycles. The van der Waals surface area contributed by atoms with E-state index in [2.05, 4.69) is 5.32 Å². The summed E-state index contributed by atoms with van der Waals surface area (Å²) in [6, 6.07) is 12.5. The first-order valence-corrected chi connectivity index (χ1v) is 12.4. The zero-order chi connectivity index (χ0) is 28.5. The highest BCUT2D eigenvalue weighted by atomic mass is 16.6. The number of nitro benzene ring substituents is 1. The van der Waals surface area contributed by atoms with Gasteiger partial charge in [-0.1, -0.05) is 56.3 Å². The molecular weight excluding hydrogens is 488 g/mol. The molecule has 10 heteroatoms. The molecule has 0 spiro atoms. The van der Waals surface area contributed by atoms with Gasteiger partial charge >= 0.3 is 6.09 Å². The van der Waals surface area contributed by atoms with Gasteiger partial charge in [0.1, 0.15) is 11.6 Å². The van der Waals surface area contributed by atoms with Crippen LogP contribution in [0.4, 0.5) is 10.5 Å². The van der Waals surface area contributed by atoms with Gasteiger partial charge in [-0.15, -0.1) is 0 Å². The van der Waals surface area contributed by atoms with Gasteiger partial charge in [0.05, 0.1) is 11.0 Å². The molecule has 2 rings (SSSR count). The second-order valence-electron chi connectivity index (χ2n) is 10.3. The van der Waals surface area contributed by atoms with Crippen molar-refractivity contribution in [1.82, 2.24) is 10.2 Å². The first kappa shape index (κ1) is 30.2. The molecule has 10 nitrogen and oxygen atoms in total. The number of rotatable bonds is 10. The average molecular weight is 525 g/mol. The highest BCUT2D eigenvalue weighted by molar-refractivity contribution is 6.02. The topological polar surface area (TPSA) is 145 Å². The van der Waals surface area contributed by atoms with Crippen LogP contribution in [0.3, 0.4) is 0 Å². The van der Waals surface area contributed by atoms with E-state index >= 15 is 0 Å². The SMILES string of the molecule is CC(C)C[C@H](N)C(=O)N(C=Cc1ccccc1)C(=O)[C@H](Cc1ccc([N+](=O)[O-])cc1)NC(=O)OC(C)(C)C. The van der Waals surface area contributed by atoms with E-state index in [9.17, 15) is 24.5 Å². The number of amides is 3. The molecule has 0 aliphatic rings. The van der Waals surface area contributed by atoms with Crippen LogP contribution < -0.4 is 11.1 Å². The van der Waals surface area contributed by atoms with Gasteiger partial charge in [0.2, 0.25) is 5.91 Å². The molecule has 0 fully saturated rings. The quantitative estimate of drug-likeness (QED) is 0.345. The van der Waals surface area contributed by atoms with E-state index in [1.54, 1.807) is 26.8 Å². The fourth-order valence-electron chi connectivity index (χ4n) is 3.57. The molecule has 0 bridgehead atoms. The normalized spacial score (nSPS) is 13.1. The van der Waals surface area contributed by atoms with E-state index < -0.39 is 40.5 Å². The summed E-state index contributed by atoms with van der Waals surface area (Å²) in [6.07, 6.45) is 2.42. The fourth-order valence-corrected chi connectivity index (χ4v) is 3.57. The number of non-ortho nitro benzene ring substituents is 1. The van der Waals surface area contributed by atoms with Gasteiger partial charge < -0.3 is 15.8 Å². The van der Waals surface area contributed by atoms with Crippen molar-refractivity contribution >= 4 is 29.7 Å². The lowest BCUT2D eigenvalue weighted by Gasteiger charge is -2.28. The van der Waals surface area contributed by atoms with Gasteiger partial charge in [0.15, 0.2) is 0 Å². The zero-order valence-electron chi connectivity index (χ0n) is 22.4. The molecule has 0 aromatic heterocycles. The van der Waals surface area contributed by atoms with E-state index in [1.165, 1.54) is 30.5 Å². The van der Waals surface area contributed by atoms with Crippen molar-refractivity contribution in [3.8, 4) is 0 Å². The van der Waals surface area contributed by atoms with Crippen LogP contribution in [0.2, 0.25) is 0 Å². The zero-order valence-corrected chi connectivity index (χ0v) is 22.4. The van der Waals surface area contributed by atoms with Gasteiger partial charge in [-0.05, 0) is 50.3 Å². The molecule has 3 amide bonds. The summed E-state index contributed by atoms with van der Waals surface area (Å²) in [5.41, 5.74) is 6.51. The van der Waals surface area contributed by atoms with Crippen molar-refractivity contribution in [2.75, 3.05) is 0 Å². The minimum absolute atomic E-state index is 0.0432. The van der Waals surface area contributed by atoms with Gasteiger partial charge in [0, 0.05) is 24.8 Å². The maximum atomic E-state index is 13.8. The second kappa shape index (κ2) is 13.5. The summed E-state index contributed by atoms with van der Waals surface area (Å²) < 4.78 is 5.34. The summed E-state index contributed by atoms with van der Waals surface area (Å²) in [6.45, 7) is 8.89. The number of carbonyl (C=O) groups is 3. The van der Waals surface area contributed by atoms with Crippen molar-refractivity contribution in [2.24, 2.45) is 11.7 Å². The highest BCUT2D eigenvalue weighted by Crippen LogP contribution is 2.17. The van der Waals surface area contributed by atoms with Crippen molar-refractivity contribution < 1.29 is 24.0 Å². The number of nitrogens with zero attached hydrogens (tertiary/aromatic N) is 2. The Kier molecular flexibility index (Phi) is 10.7. The van der Waals surface area contributed by atoms with Crippen molar-refractivity contribution in [3.63, 3.8) is 0 Å². The van der Waals surface area contributed by atoms with Crippen molar-refractivity contribution in [3.05, 3.63) is 82.0 Å². The van der Waals surface area contributed by atoms with E-state index in [0.717, 1.165) is 10.5 Å². The predicted molar refractivity (Wildman–Crippen MR) is 145 cm³/mol. The summed E-state index contributed by atoms with van der Waals surface area (Å²) >= 11 is 0. The van der Waals surface area contributed by atoms with Crippen LogP contribution in [-0.2, 0) is 20.7 Å². The summed E-state index contributed by atoms with van der Waals surface area (Å²) in [5, 5.41) is 13.6. The Balaban J connectivity index is 2.44. The molecule has 0 unspecified atom stereocenters. The Bertz CT molecular complexity index is 1140. The van der Waals surface area contributed by atoms with E-state index in [0.29, 0.717) is 12.0 Å². The lowest BCUT2D eigenvalue weighted by Crippen LogP contribution is -2.53. The number of hydrogen-bond donors (Lipinski definition) is 2. The first-order chi connectivity index (χ1) is 17.8. The third-order valence-electron chi connectivity index (χ3n) is 5.31. The van der Waals surface area contributed by atoms with Crippen LogP contribution in [0.5, 0.6) is 0 Å². The summed E-state index contributed by atoms with van der Waals surface area (Å²) in [4.78, 5) is 51.2. The van der Waals surface area contributed by atoms with Gasteiger partial charge in [0.25, 0.3) is 11.6 Å². The minimum atomic E-state index is -1.22. The molecule has 204 valence electrons. The lowest BCUT2D eigenvalue weighted by atomic mass is 10.0. The standard InChI is InChI=1S/C28H36N4O6/c1-19(2)17-23(29)25(33)31(16-15-20-9-7-6-8-10-20)26(34)24(30-27(35)38-28(3,4)5)18-21-11-13-22(14-12-21)32(36)37/h6-16,19,23-24H,17-18,29H2,1-5H3,(H,30,35)/t23-,24-/m0/s1. The molecule has 2 atom stereocenters. The molecule has 2 aromatic rings. The molecule has 0 radical (unpaired) electrons. The molecule has 0 saturated carbocycles. The van der Waals surface area contributed by atoms with Crippen LogP contribution >= 0.6 is 0 Å². The molecule has 3 N–H and O–H groups in total. The first-order valence-electron chi connectivity index (χ1n) is 12.4. The van der Waals surface area contributed by atoms with Gasteiger partial charge in [-0.2, -0.15) is 0 Å². The Labute approximate surface area is 223 Å². The predicted octanol–water partition coefficient (Wildman–Crippen LogP) is 4.43. The molecular formula is C28H36N4O6. The van der Waals surface area contributed by atoms with E-state index in [-0.39, 0.29) is 18.0 Å². The molecule has 0 heterocycles. The van der Waals surface area contributed by atoms with E-state index in [4.69, 9.17) is 10.5 Å². The number of carbonyl (C=O) groups excluding carboxylic acids is 3. The smallest absolute Gasteiger partial charge is 0.408 e. The Morgan fingerprint density at radius 1 is 1.05 bits per heavy atom. The third kappa shape index (κ3) is 9.78. The summed E-state index contributed by atoms with van der Waals surface area (Å²) in [5.74, 6) is -1.22. The monoisotopic (exact) mass is 524 g/mol. The Morgan fingerprint density at radius 3 is 2.18 bits per heavy atom. The van der Waals surface area contributed by atoms with Crippen molar-refractivity contribution in [1.29, 1.82) is 0 Å². The maximum absolute atomic E-state index is 13.8. The number of nitro groups is 1. The highest BCUT2D eigenvalue weighted by Gasteiger charge is 2.33. The lowest BCUT2D eigenvalue weighted by molar-refractivity contribution is -0.384. The number of imide groups is 1. The number of nitrogens with two attached hydrogens (primary N) is 1. The van der Waals surface area contributed by atoms with E-state index in [1.807, 2.05) is 44.2 Å². The van der Waals surface area contributed by atoms with Crippen LogP contribution in [0, 0.1) is 16.0 Å². The van der Waals surface area contributed by atoms with Crippen LogP contribution in [0.25, 0.3) is 6.08 Å². The average Bonchev–Trinajstić information content (AvgIpc) is 2.82. The number of benzene rings is 2. The van der Waals surface area contributed by atoms with Gasteiger partial charge in [-0.3, -0.25) is 24.6 Å². The number of hydrogen-bond acceptors (Lipinski definition) is 7. The Hall–Kier alpha value is -4.05. The van der Waals surface area contributed by atoms with Crippen LogP contribution in [0.15, 0.2) is 60.8 Å². The van der Waals surface area contributed by atoms with Gasteiger partial charge in [-0.25, -0.2) is 4.79 Å². The summed E-state index contributed by atoms with van der Waals surface area (Å²) in [7, 11) is 0.